The highest BCUT2D eigenvalue weighted by molar-refractivity contribution is 5.85. The predicted molar refractivity (Wildman–Crippen MR) is 89.6 cm³/mol. The van der Waals surface area contributed by atoms with Crippen LogP contribution in [-0.4, -0.2) is 23.7 Å². The van der Waals surface area contributed by atoms with Gasteiger partial charge in [0, 0.05) is 18.3 Å². The first-order valence-corrected chi connectivity index (χ1v) is 7.92. The van der Waals surface area contributed by atoms with Crippen molar-refractivity contribution in [2.75, 3.05) is 11.5 Å². The van der Waals surface area contributed by atoms with E-state index >= 15 is 0 Å². The number of esters is 1. The van der Waals surface area contributed by atoms with Gasteiger partial charge in [0.15, 0.2) is 0 Å². The molecule has 0 bridgehead atoms. The van der Waals surface area contributed by atoms with E-state index < -0.39 is 0 Å². The number of rotatable bonds is 4. The quantitative estimate of drug-likeness (QED) is 0.879. The van der Waals surface area contributed by atoms with E-state index in [0.29, 0.717) is 6.61 Å². The Hall–Kier alpha value is -2.49. The molecule has 0 fully saturated rings. The standard InChI is InChI=1S/C19H21NO3/c1-3-23-19(22)18-13(2)20(12-14-7-5-4-6-8-14)17-10-9-15(21)11-16(17)18/h4-11,13,18,21H,3,12H2,1-2H3. The first kappa shape index (κ1) is 15.4. The molecule has 0 amide bonds. The zero-order valence-corrected chi connectivity index (χ0v) is 13.4. The molecule has 1 heterocycles. The zero-order chi connectivity index (χ0) is 16.4. The molecule has 0 radical (unpaired) electrons. The van der Waals surface area contributed by atoms with Crippen LogP contribution in [0.5, 0.6) is 5.75 Å². The van der Waals surface area contributed by atoms with Crippen molar-refractivity contribution in [3.05, 3.63) is 59.7 Å². The lowest BCUT2D eigenvalue weighted by atomic mass is 9.96. The summed E-state index contributed by atoms with van der Waals surface area (Å²) in [5.74, 6) is -0.435. The third-order valence-corrected chi connectivity index (χ3v) is 4.37. The van der Waals surface area contributed by atoms with Crippen molar-refractivity contribution in [1.82, 2.24) is 0 Å². The van der Waals surface area contributed by atoms with Gasteiger partial charge in [0.25, 0.3) is 0 Å². The van der Waals surface area contributed by atoms with Crippen LogP contribution in [0.25, 0.3) is 0 Å². The second kappa shape index (κ2) is 6.32. The van der Waals surface area contributed by atoms with E-state index in [-0.39, 0.29) is 23.7 Å². The van der Waals surface area contributed by atoms with Crippen LogP contribution in [0.2, 0.25) is 0 Å². The van der Waals surface area contributed by atoms with Crippen LogP contribution in [0, 0.1) is 0 Å². The summed E-state index contributed by atoms with van der Waals surface area (Å²) in [4.78, 5) is 14.6. The van der Waals surface area contributed by atoms with E-state index in [2.05, 4.69) is 17.0 Å². The summed E-state index contributed by atoms with van der Waals surface area (Å²) in [7, 11) is 0. The maximum atomic E-state index is 12.4. The number of fused-ring (bicyclic) bond motifs is 1. The molecule has 0 aliphatic carbocycles. The fourth-order valence-electron chi connectivity index (χ4n) is 3.28. The van der Waals surface area contributed by atoms with Crippen molar-refractivity contribution >= 4 is 11.7 Å². The molecule has 1 N–H and O–H groups in total. The van der Waals surface area contributed by atoms with Gasteiger partial charge < -0.3 is 14.7 Å². The number of carbonyl (C=O) groups is 1. The SMILES string of the molecule is CCOC(=O)C1c2cc(O)ccc2N(Cc2ccccc2)C1C. The highest BCUT2D eigenvalue weighted by Gasteiger charge is 2.41. The Balaban J connectivity index is 1.97. The molecule has 2 aromatic carbocycles. The Labute approximate surface area is 136 Å². The molecule has 2 unspecified atom stereocenters. The number of phenolic OH excluding ortho intramolecular Hbond substituents is 1. The van der Waals surface area contributed by atoms with E-state index in [4.69, 9.17) is 4.74 Å². The van der Waals surface area contributed by atoms with E-state index in [0.717, 1.165) is 17.8 Å². The number of carbonyl (C=O) groups excluding carboxylic acids is 1. The summed E-state index contributed by atoms with van der Waals surface area (Å²) in [6, 6.07) is 15.4. The Morgan fingerprint density at radius 2 is 1.96 bits per heavy atom. The van der Waals surface area contributed by atoms with Gasteiger partial charge in [-0.3, -0.25) is 4.79 Å². The first-order chi connectivity index (χ1) is 11.1. The number of benzene rings is 2. The summed E-state index contributed by atoms with van der Waals surface area (Å²) in [6.07, 6.45) is 0. The number of ether oxygens (including phenoxy) is 1. The molecule has 1 aliphatic rings. The summed E-state index contributed by atoms with van der Waals surface area (Å²) in [6.45, 7) is 4.91. The molecule has 2 aromatic rings. The minimum atomic E-state index is -0.374. The maximum absolute atomic E-state index is 12.4. The first-order valence-electron chi connectivity index (χ1n) is 7.92. The average molecular weight is 311 g/mol. The Kier molecular flexibility index (Phi) is 4.24. The number of hydrogen-bond acceptors (Lipinski definition) is 4. The molecule has 0 saturated carbocycles. The van der Waals surface area contributed by atoms with Gasteiger partial charge in [0.05, 0.1) is 6.61 Å². The van der Waals surface area contributed by atoms with E-state index in [1.807, 2.05) is 38.1 Å². The maximum Gasteiger partial charge on any atom is 0.315 e. The second-order valence-corrected chi connectivity index (χ2v) is 5.83. The lowest BCUT2D eigenvalue weighted by molar-refractivity contribution is -0.145. The van der Waals surface area contributed by atoms with Gasteiger partial charge in [-0.05, 0) is 43.2 Å². The van der Waals surface area contributed by atoms with Gasteiger partial charge in [0.2, 0.25) is 0 Å². The lowest BCUT2D eigenvalue weighted by Crippen LogP contribution is -2.34. The van der Waals surface area contributed by atoms with Crippen LogP contribution >= 0.6 is 0 Å². The van der Waals surface area contributed by atoms with Crippen molar-refractivity contribution in [1.29, 1.82) is 0 Å². The minimum Gasteiger partial charge on any atom is -0.508 e. The fourth-order valence-corrected chi connectivity index (χ4v) is 3.28. The van der Waals surface area contributed by atoms with E-state index in [9.17, 15) is 9.90 Å². The number of nitrogens with zero attached hydrogens (tertiary/aromatic N) is 1. The molecule has 2 atom stereocenters. The molecule has 120 valence electrons. The largest absolute Gasteiger partial charge is 0.508 e. The normalized spacial score (nSPS) is 19.5. The lowest BCUT2D eigenvalue weighted by Gasteiger charge is -2.27. The summed E-state index contributed by atoms with van der Waals surface area (Å²) < 4.78 is 5.24. The van der Waals surface area contributed by atoms with Crippen LogP contribution in [0.15, 0.2) is 48.5 Å². The third-order valence-electron chi connectivity index (χ3n) is 4.37. The van der Waals surface area contributed by atoms with Crippen molar-refractivity contribution in [2.45, 2.75) is 32.4 Å². The molecule has 4 nitrogen and oxygen atoms in total. The predicted octanol–water partition coefficient (Wildman–Crippen LogP) is 3.45. The van der Waals surface area contributed by atoms with Gasteiger partial charge in [-0.25, -0.2) is 0 Å². The topological polar surface area (TPSA) is 49.8 Å². The minimum absolute atomic E-state index is 0.0222. The molecule has 3 rings (SSSR count). The number of phenols is 1. The Morgan fingerprint density at radius 1 is 1.22 bits per heavy atom. The Bertz CT molecular complexity index is 699. The van der Waals surface area contributed by atoms with Gasteiger partial charge >= 0.3 is 5.97 Å². The monoisotopic (exact) mass is 311 g/mol. The van der Waals surface area contributed by atoms with Gasteiger partial charge in [0.1, 0.15) is 11.7 Å². The molecule has 0 saturated heterocycles. The van der Waals surface area contributed by atoms with Crippen LogP contribution in [0.3, 0.4) is 0 Å². The highest BCUT2D eigenvalue weighted by atomic mass is 16.5. The average Bonchev–Trinajstić information content (AvgIpc) is 2.80. The van der Waals surface area contributed by atoms with Crippen molar-refractivity contribution in [2.24, 2.45) is 0 Å². The third kappa shape index (κ3) is 2.89. The van der Waals surface area contributed by atoms with Crippen molar-refractivity contribution < 1.29 is 14.6 Å². The molecular formula is C19H21NO3. The molecule has 4 heteroatoms. The molecule has 0 spiro atoms. The molecule has 23 heavy (non-hydrogen) atoms. The second-order valence-electron chi connectivity index (χ2n) is 5.83. The molecular weight excluding hydrogens is 290 g/mol. The number of aromatic hydroxyl groups is 1. The van der Waals surface area contributed by atoms with Crippen LogP contribution in [0.4, 0.5) is 5.69 Å². The summed E-state index contributed by atoms with van der Waals surface area (Å²) in [5, 5.41) is 9.82. The molecule has 0 aromatic heterocycles. The van der Waals surface area contributed by atoms with Gasteiger partial charge in [-0.15, -0.1) is 0 Å². The fraction of sp³-hybridized carbons (Fsp3) is 0.316. The van der Waals surface area contributed by atoms with Crippen molar-refractivity contribution in [3.8, 4) is 5.75 Å². The Morgan fingerprint density at radius 3 is 2.65 bits per heavy atom. The van der Waals surface area contributed by atoms with Gasteiger partial charge in [-0.1, -0.05) is 30.3 Å². The smallest absolute Gasteiger partial charge is 0.315 e. The molecule has 1 aliphatic heterocycles. The summed E-state index contributed by atoms with van der Waals surface area (Å²) in [5.41, 5.74) is 3.01. The van der Waals surface area contributed by atoms with Crippen molar-refractivity contribution in [3.63, 3.8) is 0 Å². The zero-order valence-electron chi connectivity index (χ0n) is 13.4. The van der Waals surface area contributed by atoms with Gasteiger partial charge in [-0.2, -0.15) is 0 Å². The van der Waals surface area contributed by atoms with E-state index in [1.54, 1.807) is 12.1 Å². The summed E-state index contributed by atoms with van der Waals surface area (Å²) >= 11 is 0. The highest BCUT2D eigenvalue weighted by Crippen LogP contribution is 2.43. The number of anilines is 1. The number of hydrogen-bond donors (Lipinski definition) is 1. The van der Waals surface area contributed by atoms with Crippen LogP contribution < -0.4 is 4.90 Å². The van der Waals surface area contributed by atoms with E-state index in [1.165, 1.54) is 5.56 Å². The van der Waals surface area contributed by atoms with Crippen LogP contribution in [-0.2, 0) is 16.1 Å². The van der Waals surface area contributed by atoms with Crippen LogP contribution in [0.1, 0.15) is 30.9 Å².